The fourth-order valence-electron chi connectivity index (χ4n) is 1.76. The minimum Gasteiger partial charge on any atom is -0.493 e. The highest BCUT2D eigenvalue weighted by molar-refractivity contribution is 5.66. The van der Waals surface area contributed by atoms with Crippen LogP contribution in [0.3, 0.4) is 0 Å². The molecule has 0 aliphatic heterocycles. The van der Waals surface area contributed by atoms with Gasteiger partial charge in [0.15, 0.2) is 0 Å². The highest BCUT2D eigenvalue weighted by Crippen LogP contribution is 2.23. The Balaban J connectivity index is 2.48. The minimum atomic E-state index is -0.448. The van der Waals surface area contributed by atoms with Crippen LogP contribution in [0.15, 0.2) is 29.1 Å². The van der Waals surface area contributed by atoms with Crippen molar-refractivity contribution in [2.45, 2.75) is 6.54 Å². The number of nitrogens with one attached hydrogen (secondary N) is 1. The Morgan fingerprint density at radius 1 is 1.32 bits per heavy atom. The van der Waals surface area contributed by atoms with Gasteiger partial charge in [0, 0.05) is 0 Å². The van der Waals surface area contributed by atoms with E-state index in [1.165, 1.54) is 24.3 Å². The van der Waals surface area contributed by atoms with Gasteiger partial charge in [-0.2, -0.15) is 4.98 Å². The molecule has 0 aliphatic carbocycles. The highest BCUT2D eigenvalue weighted by Gasteiger charge is 2.13. The second kappa shape index (κ2) is 5.19. The monoisotopic (exact) mass is 263 g/mol. The van der Waals surface area contributed by atoms with Crippen molar-refractivity contribution in [3.63, 3.8) is 0 Å². The number of aromatic nitrogens is 2. The molecule has 6 heteroatoms. The van der Waals surface area contributed by atoms with E-state index in [0.29, 0.717) is 17.9 Å². The van der Waals surface area contributed by atoms with Gasteiger partial charge in [0.25, 0.3) is 5.56 Å². The molecule has 0 radical (unpaired) electrons. The van der Waals surface area contributed by atoms with E-state index in [0.717, 1.165) is 0 Å². The van der Waals surface area contributed by atoms with E-state index in [2.05, 4.69) is 9.97 Å². The number of halogens is 1. The summed E-state index contributed by atoms with van der Waals surface area (Å²) in [6.07, 6.45) is 0. The van der Waals surface area contributed by atoms with Crippen LogP contribution in [0.2, 0.25) is 0 Å². The number of hydrogen-bond donors (Lipinski definition) is 2. The summed E-state index contributed by atoms with van der Waals surface area (Å²) in [5, 5.41) is 9.86. The third-order valence-corrected chi connectivity index (χ3v) is 2.55. The summed E-state index contributed by atoms with van der Waals surface area (Å²) >= 11 is 0. The number of nitrogens with zero attached hydrogens (tertiary/aromatic N) is 2. The van der Waals surface area contributed by atoms with E-state index in [9.17, 15) is 14.3 Å². The molecule has 1 aromatic heterocycles. The Morgan fingerprint density at radius 2 is 1.95 bits per heavy atom. The number of benzene rings is 1. The van der Waals surface area contributed by atoms with E-state index in [1.54, 1.807) is 0 Å². The lowest BCUT2D eigenvalue weighted by Gasteiger charge is -2.10. The van der Waals surface area contributed by atoms with Crippen molar-refractivity contribution in [3.8, 4) is 17.0 Å². The van der Waals surface area contributed by atoms with Crippen molar-refractivity contribution >= 4 is 0 Å². The van der Waals surface area contributed by atoms with Gasteiger partial charge in [-0.05, 0) is 31.8 Å². The quantitative estimate of drug-likeness (QED) is 0.877. The highest BCUT2D eigenvalue weighted by atomic mass is 19.1. The summed E-state index contributed by atoms with van der Waals surface area (Å²) in [4.78, 5) is 20.3. The largest absolute Gasteiger partial charge is 0.493 e. The average Bonchev–Trinajstić information content (AvgIpc) is 2.29. The predicted molar refractivity (Wildman–Crippen MR) is 69.3 cm³/mol. The zero-order valence-corrected chi connectivity index (χ0v) is 10.6. The van der Waals surface area contributed by atoms with Crippen LogP contribution in [0, 0.1) is 5.82 Å². The van der Waals surface area contributed by atoms with Crippen LogP contribution in [0.5, 0.6) is 5.88 Å². The Morgan fingerprint density at radius 3 is 2.47 bits per heavy atom. The predicted octanol–water partition coefficient (Wildman–Crippen LogP) is 1.34. The van der Waals surface area contributed by atoms with Crippen molar-refractivity contribution in [2.24, 2.45) is 0 Å². The number of hydrogen-bond acceptors (Lipinski definition) is 4. The van der Waals surface area contributed by atoms with E-state index < -0.39 is 11.4 Å². The number of rotatable bonds is 3. The van der Waals surface area contributed by atoms with Crippen molar-refractivity contribution in [1.29, 1.82) is 0 Å². The zero-order valence-electron chi connectivity index (χ0n) is 10.6. The number of aromatic hydroxyl groups is 1. The maximum Gasteiger partial charge on any atom is 0.262 e. The Kier molecular flexibility index (Phi) is 3.62. The maximum absolute atomic E-state index is 12.8. The molecule has 0 spiro atoms. The van der Waals surface area contributed by atoms with Gasteiger partial charge in [-0.15, -0.1) is 0 Å². The Hall–Kier alpha value is -2.21. The standard InChI is InChI=1S/C13H14FN3O2/c1-17(2)7-10-15-12(18)11(13(19)16-10)8-3-5-9(14)6-4-8/h3-6H,7H2,1-2H3,(H2,15,16,18,19). The van der Waals surface area contributed by atoms with Crippen molar-refractivity contribution in [3.05, 3.63) is 46.3 Å². The molecule has 2 aromatic rings. The van der Waals surface area contributed by atoms with Crippen molar-refractivity contribution < 1.29 is 9.50 Å². The summed E-state index contributed by atoms with van der Waals surface area (Å²) in [6.45, 7) is 0.409. The molecule has 1 aromatic carbocycles. The molecule has 1 heterocycles. The minimum absolute atomic E-state index is 0.0440. The molecular weight excluding hydrogens is 249 g/mol. The van der Waals surface area contributed by atoms with E-state index in [1.807, 2.05) is 19.0 Å². The molecule has 100 valence electrons. The van der Waals surface area contributed by atoms with Crippen molar-refractivity contribution in [2.75, 3.05) is 14.1 Å². The lowest BCUT2D eigenvalue weighted by molar-refractivity contribution is 0.381. The maximum atomic E-state index is 12.8. The fraction of sp³-hybridized carbons (Fsp3) is 0.231. The molecule has 0 saturated heterocycles. The van der Waals surface area contributed by atoms with Gasteiger partial charge in [0.05, 0.1) is 6.54 Å². The summed E-state index contributed by atoms with van der Waals surface area (Å²) in [6, 6.07) is 5.30. The first kappa shape index (κ1) is 13.2. The molecule has 0 unspecified atom stereocenters. The SMILES string of the molecule is CN(C)Cc1nc(O)c(-c2ccc(F)cc2)c(=O)[nH]1. The van der Waals surface area contributed by atoms with Crippen LogP contribution in [-0.4, -0.2) is 34.1 Å². The van der Waals surface area contributed by atoms with Crippen LogP contribution in [0.25, 0.3) is 11.1 Å². The Bertz CT molecular complexity index is 635. The fourth-order valence-corrected chi connectivity index (χ4v) is 1.76. The van der Waals surface area contributed by atoms with Gasteiger partial charge in [-0.25, -0.2) is 4.39 Å². The van der Waals surface area contributed by atoms with E-state index in [-0.39, 0.29) is 11.4 Å². The third-order valence-electron chi connectivity index (χ3n) is 2.55. The van der Waals surface area contributed by atoms with Gasteiger partial charge in [0.2, 0.25) is 5.88 Å². The van der Waals surface area contributed by atoms with Crippen LogP contribution in [0.1, 0.15) is 5.82 Å². The smallest absolute Gasteiger partial charge is 0.262 e. The van der Waals surface area contributed by atoms with Gasteiger partial charge in [0.1, 0.15) is 17.2 Å². The topological polar surface area (TPSA) is 69.2 Å². The second-order valence-electron chi connectivity index (χ2n) is 4.46. The third kappa shape index (κ3) is 2.97. The number of aromatic amines is 1. The summed E-state index contributed by atoms with van der Waals surface area (Å²) in [7, 11) is 3.65. The van der Waals surface area contributed by atoms with E-state index >= 15 is 0 Å². The lowest BCUT2D eigenvalue weighted by atomic mass is 10.1. The van der Waals surface area contributed by atoms with Crippen LogP contribution in [-0.2, 0) is 6.54 Å². The van der Waals surface area contributed by atoms with E-state index in [4.69, 9.17) is 0 Å². The van der Waals surface area contributed by atoms with Crippen LogP contribution in [0.4, 0.5) is 4.39 Å². The molecule has 0 atom stereocenters. The molecule has 0 fully saturated rings. The average molecular weight is 263 g/mol. The first-order valence-electron chi connectivity index (χ1n) is 5.70. The van der Waals surface area contributed by atoms with Gasteiger partial charge >= 0.3 is 0 Å². The van der Waals surface area contributed by atoms with Gasteiger partial charge in [-0.3, -0.25) is 4.79 Å². The molecule has 5 nitrogen and oxygen atoms in total. The van der Waals surface area contributed by atoms with Crippen molar-refractivity contribution in [1.82, 2.24) is 14.9 Å². The molecule has 19 heavy (non-hydrogen) atoms. The first-order valence-corrected chi connectivity index (χ1v) is 5.70. The first-order chi connectivity index (χ1) is 8.97. The zero-order chi connectivity index (χ0) is 14.0. The lowest BCUT2D eigenvalue weighted by Crippen LogP contribution is -2.19. The molecule has 2 rings (SSSR count). The molecule has 0 aliphatic rings. The Labute approximate surface area is 109 Å². The molecule has 0 amide bonds. The second-order valence-corrected chi connectivity index (χ2v) is 4.46. The van der Waals surface area contributed by atoms with Crippen LogP contribution < -0.4 is 5.56 Å². The molecule has 0 bridgehead atoms. The summed E-state index contributed by atoms with van der Waals surface area (Å²) in [5.41, 5.74) is 0.0162. The summed E-state index contributed by atoms with van der Waals surface area (Å²) < 4.78 is 12.8. The van der Waals surface area contributed by atoms with Gasteiger partial charge < -0.3 is 15.0 Å². The molecule has 0 saturated carbocycles. The molecule has 2 N–H and O–H groups in total. The molecular formula is C13H14FN3O2. The van der Waals surface area contributed by atoms with Gasteiger partial charge in [-0.1, -0.05) is 12.1 Å². The normalized spacial score (nSPS) is 10.9. The summed E-state index contributed by atoms with van der Waals surface area (Å²) in [5.74, 6) is -0.387. The van der Waals surface area contributed by atoms with Crippen LogP contribution >= 0.6 is 0 Å². The number of H-pyrrole nitrogens is 1.